The van der Waals surface area contributed by atoms with Crippen molar-refractivity contribution in [3.05, 3.63) is 65.4 Å². The molecule has 0 unspecified atom stereocenters. The topological polar surface area (TPSA) is 76.8 Å². The molecule has 2 aromatic carbocycles. The molecule has 0 spiro atoms. The summed E-state index contributed by atoms with van der Waals surface area (Å²) in [6.45, 7) is 4.38. The van der Waals surface area contributed by atoms with E-state index in [4.69, 9.17) is 14.0 Å². The second kappa shape index (κ2) is 9.93. The number of carbonyl (C=O) groups is 1. The van der Waals surface area contributed by atoms with Crippen LogP contribution in [0.15, 0.2) is 53.1 Å². The summed E-state index contributed by atoms with van der Waals surface area (Å²) < 4.78 is 16.0. The maximum atomic E-state index is 12.6. The number of aromatic nitrogens is 1. The van der Waals surface area contributed by atoms with E-state index in [1.165, 1.54) is 5.56 Å². The van der Waals surface area contributed by atoms with Crippen LogP contribution < -0.4 is 14.8 Å². The highest BCUT2D eigenvalue weighted by molar-refractivity contribution is 5.93. The third-order valence-electron chi connectivity index (χ3n) is 4.85. The number of nitrogens with zero attached hydrogens (tertiary/aromatic N) is 2. The van der Waals surface area contributed by atoms with Crippen LogP contribution in [0.2, 0.25) is 0 Å². The lowest BCUT2D eigenvalue weighted by Crippen LogP contribution is -2.23. The van der Waals surface area contributed by atoms with Gasteiger partial charge >= 0.3 is 0 Å². The fourth-order valence-electron chi connectivity index (χ4n) is 3.05. The van der Waals surface area contributed by atoms with Crippen LogP contribution in [0.25, 0.3) is 11.3 Å². The van der Waals surface area contributed by atoms with Crippen LogP contribution in [0.1, 0.15) is 28.5 Å². The van der Waals surface area contributed by atoms with Gasteiger partial charge in [-0.15, -0.1) is 0 Å². The standard InChI is InChI=1S/C23H27N3O4/c1-5-26(2)15-17-8-6-7-16(11-17)14-24-23(27)20-13-22(30-25-20)19-12-18(28-3)9-10-21(19)29-4/h6-13H,5,14-15H2,1-4H3,(H,24,27). The summed E-state index contributed by atoms with van der Waals surface area (Å²) in [4.78, 5) is 14.8. The molecule has 3 aromatic rings. The first-order valence-electron chi connectivity index (χ1n) is 9.77. The van der Waals surface area contributed by atoms with Gasteiger partial charge in [-0.1, -0.05) is 36.3 Å². The molecule has 158 valence electrons. The first-order chi connectivity index (χ1) is 14.5. The molecule has 0 aliphatic carbocycles. The third-order valence-corrected chi connectivity index (χ3v) is 4.85. The summed E-state index contributed by atoms with van der Waals surface area (Å²) in [6.07, 6.45) is 0. The SMILES string of the molecule is CCN(C)Cc1cccc(CNC(=O)c2cc(-c3cc(OC)ccc3OC)on2)c1. The van der Waals surface area contributed by atoms with Gasteiger partial charge in [-0.05, 0) is 42.9 Å². The number of amides is 1. The molecule has 0 aliphatic heterocycles. The minimum Gasteiger partial charge on any atom is -0.497 e. The van der Waals surface area contributed by atoms with E-state index >= 15 is 0 Å². The molecule has 0 fully saturated rings. The second-order valence-corrected chi connectivity index (χ2v) is 6.98. The number of benzene rings is 2. The van der Waals surface area contributed by atoms with E-state index in [0.717, 1.165) is 18.7 Å². The zero-order chi connectivity index (χ0) is 21.5. The normalized spacial score (nSPS) is 10.8. The molecule has 1 amide bonds. The Morgan fingerprint density at radius 3 is 2.63 bits per heavy atom. The van der Waals surface area contributed by atoms with Crippen molar-refractivity contribution in [2.24, 2.45) is 0 Å². The number of hydrogen-bond donors (Lipinski definition) is 1. The van der Waals surface area contributed by atoms with Gasteiger partial charge in [-0.2, -0.15) is 0 Å². The molecular formula is C23H27N3O4. The van der Waals surface area contributed by atoms with Crippen molar-refractivity contribution >= 4 is 5.91 Å². The molecule has 0 atom stereocenters. The molecule has 3 rings (SSSR count). The van der Waals surface area contributed by atoms with Crippen molar-refractivity contribution in [1.29, 1.82) is 0 Å². The molecule has 7 heteroatoms. The van der Waals surface area contributed by atoms with Gasteiger partial charge in [0.05, 0.1) is 19.8 Å². The molecule has 30 heavy (non-hydrogen) atoms. The van der Waals surface area contributed by atoms with Crippen LogP contribution in [0, 0.1) is 0 Å². The van der Waals surface area contributed by atoms with Crippen molar-refractivity contribution in [2.75, 3.05) is 27.8 Å². The van der Waals surface area contributed by atoms with Gasteiger partial charge in [-0.3, -0.25) is 4.79 Å². The molecule has 7 nitrogen and oxygen atoms in total. The molecule has 0 radical (unpaired) electrons. The Kier molecular flexibility index (Phi) is 7.08. The van der Waals surface area contributed by atoms with E-state index in [2.05, 4.69) is 41.5 Å². The van der Waals surface area contributed by atoms with Gasteiger partial charge in [0.25, 0.3) is 5.91 Å². The van der Waals surface area contributed by atoms with Crippen molar-refractivity contribution in [1.82, 2.24) is 15.4 Å². The molecular weight excluding hydrogens is 382 g/mol. The van der Waals surface area contributed by atoms with Crippen LogP contribution in [-0.2, 0) is 13.1 Å². The first kappa shape index (κ1) is 21.4. The van der Waals surface area contributed by atoms with Crippen molar-refractivity contribution < 1.29 is 18.8 Å². The first-order valence-corrected chi connectivity index (χ1v) is 9.77. The number of ether oxygens (including phenoxy) is 2. The predicted molar refractivity (Wildman–Crippen MR) is 115 cm³/mol. The zero-order valence-corrected chi connectivity index (χ0v) is 17.8. The molecule has 0 bridgehead atoms. The summed E-state index contributed by atoms with van der Waals surface area (Å²) in [5.41, 5.74) is 3.11. The summed E-state index contributed by atoms with van der Waals surface area (Å²) >= 11 is 0. The molecule has 1 aromatic heterocycles. The Balaban J connectivity index is 1.68. The van der Waals surface area contributed by atoms with Crippen molar-refractivity contribution in [3.8, 4) is 22.8 Å². The van der Waals surface area contributed by atoms with Crippen LogP contribution in [0.5, 0.6) is 11.5 Å². The fourth-order valence-corrected chi connectivity index (χ4v) is 3.05. The fraction of sp³-hybridized carbons (Fsp3) is 0.304. The van der Waals surface area contributed by atoms with Gasteiger partial charge in [-0.25, -0.2) is 0 Å². The average Bonchev–Trinajstić information content (AvgIpc) is 3.27. The maximum Gasteiger partial charge on any atom is 0.273 e. The van der Waals surface area contributed by atoms with E-state index in [-0.39, 0.29) is 11.6 Å². The maximum absolute atomic E-state index is 12.6. The highest BCUT2D eigenvalue weighted by atomic mass is 16.5. The van der Waals surface area contributed by atoms with Crippen molar-refractivity contribution in [3.63, 3.8) is 0 Å². The highest BCUT2D eigenvalue weighted by Crippen LogP contribution is 2.33. The average molecular weight is 409 g/mol. The quantitative estimate of drug-likeness (QED) is 0.580. The van der Waals surface area contributed by atoms with Crippen LogP contribution >= 0.6 is 0 Å². The molecule has 0 aliphatic rings. The van der Waals surface area contributed by atoms with E-state index in [9.17, 15) is 4.79 Å². The minimum absolute atomic E-state index is 0.205. The number of hydrogen-bond acceptors (Lipinski definition) is 6. The molecule has 1 heterocycles. The van der Waals surface area contributed by atoms with E-state index in [1.807, 2.05) is 12.1 Å². The lowest BCUT2D eigenvalue weighted by molar-refractivity contribution is 0.0942. The minimum atomic E-state index is -0.303. The Morgan fingerprint density at radius 2 is 1.90 bits per heavy atom. The Hall–Kier alpha value is -3.32. The number of nitrogens with one attached hydrogen (secondary N) is 1. The number of rotatable bonds is 9. The predicted octanol–water partition coefficient (Wildman–Crippen LogP) is 3.74. The lowest BCUT2D eigenvalue weighted by atomic mass is 10.1. The lowest BCUT2D eigenvalue weighted by Gasteiger charge is -2.14. The summed E-state index contributed by atoms with van der Waals surface area (Å²) in [6, 6.07) is 15.1. The molecule has 1 N–H and O–H groups in total. The van der Waals surface area contributed by atoms with Crippen molar-refractivity contribution in [2.45, 2.75) is 20.0 Å². The largest absolute Gasteiger partial charge is 0.497 e. The van der Waals surface area contributed by atoms with E-state index in [1.54, 1.807) is 38.5 Å². The number of methoxy groups -OCH3 is 2. The molecule has 0 saturated carbocycles. The Labute approximate surface area is 176 Å². The summed E-state index contributed by atoms with van der Waals surface area (Å²) in [7, 11) is 5.23. The van der Waals surface area contributed by atoms with E-state index in [0.29, 0.717) is 29.4 Å². The smallest absolute Gasteiger partial charge is 0.273 e. The molecule has 0 saturated heterocycles. The van der Waals surface area contributed by atoms with Crippen LogP contribution in [0.4, 0.5) is 0 Å². The van der Waals surface area contributed by atoms with Gasteiger partial charge < -0.3 is 24.2 Å². The van der Waals surface area contributed by atoms with Gasteiger partial charge in [0, 0.05) is 19.2 Å². The third kappa shape index (κ3) is 5.18. The summed E-state index contributed by atoms with van der Waals surface area (Å²) in [5, 5.41) is 6.81. The van der Waals surface area contributed by atoms with Crippen LogP contribution in [0.3, 0.4) is 0 Å². The Morgan fingerprint density at radius 1 is 1.10 bits per heavy atom. The second-order valence-electron chi connectivity index (χ2n) is 6.98. The van der Waals surface area contributed by atoms with Gasteiger partial charge in [0.2, 0.25) is 0 Å². The van der Waals surface area contributed by atoms with Crippen LogP contribution in [-0.4, -0.2) is 43.8 Å². The monoisotopic (exact) mass is 409 g/mol. The van der Waals surface area contributed by atoms with E-state index < -0.39 is 0 Å². The van der Waals surface area contributed by atoms with Gasteiger partial charge in [0.1, 0.15) is 11.5 Å². The number of carbonyl (C=O) groups excluding carboxylic acids is 1. The Bertz CT molecular complexity index is 1000. The highest BCUT2D eigenvalue weighted by Gasteiger charge is 2.17. The van der Waals surface area contributed by atoms with Gasteiger partial charge in [0.15, 0.2) is 11.5 Å². The summed E-state index contributed by atoms with van der Waals surface area (Å²) in [5.74, 6) is 1.39. The zero-order valence-electron chi connectivity index (χ0n) is 17.8.